The Hall–Kier alpha value is -0.220. The Balaban J connectivity index is 3.07. The first-order valence-corrected chi connectivity index (χ1v) is 6.67. The van der Waals surface area contributed by atoms with Crippen molar-refractivity contribution in [1.29, 1.82) is 0 Å². The number of thioether (sulfide) groups is 1. The van der Waals surface area contributed by atoms with Crippen molar-refractivity contribution in [1.82, 2.24) is 10.6 Å². The Bertz CT molecular complexity index is 142. The van der Waals surface area contributed by atoms with Gasteiger partial charge in [0.2, 0.25) is 5.91 Å². The van der Waals surface area contributed by atoms with Crippen molar-refractivity contribution in [2.24, 2.45) is 0 Å². The van der Waals surface area contributed by atoms with Crippen molar-refractivity contribution in [3.63, 3.8) is 0 Å². The molecule has 0 aliphatic carbocycles. The Kier molecular flexibility index (Phi) is 10.7. The van der Waals surface area contributed by atoms with Gasteiger partial charge in [0.15, 0.2) is 0 Å². The molecule has 14 heavy (non-hydrogen) atoms. The summed E-state index contributed by atoms with van der Waals surface area (Å²) in [6.45, 7) is 4.66. The average molecular weight is 218 g/mol. The van der Waals surface area contributed by atoms with E-state index in [1.54, 1.807) is 0 Å². The van der Waals surface area contributed by atoms with Crippen LogP contribution in [0.3, 0.4) is 0 Å². The van der Waals surface area contributed by atoms with Crippen LogP contribution in [0.5, 0.6) is 0 Å². The predicted octanol–water partition coefficient (Wildman–Crippen LogP) is 1.25. The summed E-state index contributed by atoms with van der Waals surface area (Å²) in [5.74, 6) is 1.35. The van der Waals surface area contributed by atoms with Crippen LogP contribution in [0.15, 0.2) is 0 Å². The molecule has 2 N–H and O–H groups in total. The van der Waals surface area contributed by atoms with Gasteiger partial charge < -0.3 is 10.6 Å². The molecule has 0 bridgehead atoms. The minimum absolute atomic E-state index is 0.157. The number of amides is 1. The fraction of sp³-hybridized carbons (Fsp3) is 0.900. The predicted molar refractivity (Wildman–Crippen MR) is 63.8 cm³/mol. The zero-order valence-electron chi connectivity index (χ0n) is 9.27. The highest BCUT2D eigenvalue weighted by atomic mass is 32.2. The normalized spacial score (nSPS) is 10.1. The largest absolute Gasteiger partial charge is 0.356 e. The topological polar surface area (TPSA) is 41.1 Å². The fourth-order valence-corrected chi connectivity index (χ4v) is 1.45. The molecule has 0 aliphatic heterocycles. The standard InChI is InChI=1S/C10H22N2OS/c1-3-6-12-10(13)5-8-11-7-4-9-14-2/h11H,3-9H2,1-2H3,(H,12,13). The molecule has 0 aromatic rings. The lowest BCUT2D eigenvalue weighted by Crippen LogP contribution is -2.28. The van der Waals surface area contributed by atoms with Gasteiger partial charge in [-0.1, -0.05) is 6.92 Å². The average Bonchev–Trinajstić information content (AvgIpc) is 2.20. The van der Waals surface area contributed by atoms with Crippen LogP contribution < -0.4 is 10.6 Å². The number of rotatable bonds is 9. The van der Waals surface area contributed by atoms with Crippen LogP contribution in [0.2, 0.25) is 0 Å². The smallest absolute Gasteiger partial charge is 0.221 e. The lowest BCUT2D eigenvalue weighted by Gasteiger charge is -2.04. The third-order valence-corrected chi connectivity index (χ3v) is 2.50. The molecule has 1 amide bonds. The van der Waals surface area contributed by atoms with Gasteiger partial charge in [-0.15, -0.1) is 0 Å². The Morgan fingerprint density at radius 1 is 1.29 bits per heavy atom. The molecule has 0 unspecified atom stereocenters. The van der Waals surface area contributed by atoms with Gasteiger partial charge in [0.25, 0.3) is 0 Å². The van der Waals surface area contributed by atoms with Gasteiger partial charge >= 0.3 is 0 Å². The van der Waals surface area contributed by atoms with Crippen molar-refractivity contribution in [3.8, 4) is 0 Å². The number of carbonyl (C=O) groups is 1. The molecule has 0 rings (SSSR count). The van der Waals surface area contributed by atoms with Crippen molar-refractivity contribution in [3.05, 3.63) is 0 Å². The quantitative estimate of drug-likeness (QED) is 0.572. The maximum Gasteiger partial charge on any atom is 0.221 e. The minimum atomic E-state index is 0.157. The number of carbonyl (C=O) groups excluding carboxylic acids is 1. The first-order chi connectivity index (χ1) is 6.81. The highest BCUT2D eigenvalue weighted by Crippen LogP contribution is 1.93. The summed E-state index contributed by atoms with van der Waals surface area (Å²) in [5.41, 5.74) is 0. The van der Waals surface area contributed by atoms with Crippen molar-refractivity contribution < 1.29 is 4.79 Å². The summed E-state index contributed by atoms with van der Waals surface area (Å²) >= 11 is 1.86. The first kappa shape index (κ1) is 13.8. The molecule has 0 spiro atoms. The van der Waals surface area contributed by atoms with Gasteiger partial charge in [0.1, 0.15) is 0 Å². The van der Waals surface area contributed by atoms with Gasteiger partial charge in [-0.3, -0.25) is 4.79 Å². The highest BCUT2D eigenvalue weighted by molar-refractivity contribution is 7.98. The summed E-state index contributed by atoms with van der Waals surface area (Å²) in [5, 5.41) is 6.10. The maximum atomic E-state index is 11.1. The monoisotopic (exact) mass is 218 g/mol. The molecule has 0 saturated heterocycles. The SMILES string of the molecule is CCCNC(=O)CCNCCCSC. The first-order valence-electron chi connectivity index (χ1n) is 5.27. The Morgan fingerprint density at radius 3 is 2.71 bits per heavy atom. The molecule has 0 atom stereocenters. The van der Waals surface area contributed by atoms with E-state index in [1.807, 2.05) is 11.8 Å². The molecule has 0 saturated carbocycles. The number of hydrogen-bond donors (Lipinski definition) is 2. The Morgan fingerprint density at radius 2 is 2.07 bits per heavy atom. The van der Waals surface area contributed by atoms with E-state index in [9.17, 15) is 4.79 Å². The minimum Gasteiger partial charge on any atom is -0.356 e. The highest BCUT2D eigenvalue weighted by Gasteiger charge is 1.97. The van der Waals surface area contributed by atoms with Crippen LogP contribution in [-0.2, 0) is 4.79 Å². The third kappa shape index (κ3) is 9.86. The zero-order valence-corrected chi connectivity index (χ0v) is 10.1. The molecule has 3 nitrogen and oxygen atoms in total. The van der Waals surface area contributed by atoms with Crippen molar-refractivity contribution in [2.75, 3.05) is 31.6 Å². The van der Waals surface area contributed by atoms with Crippen LogP contribution in [-0.4, -0.2) is 37.6 Å². The molecule has 0 aliphatic rings. The van der Waals surface area contributed by atoms with Gasteiger partial charge in [-0.25, -0.2) is 0 Å². The molecular formula is C10H22N2OS. The second kappa shape index (κ2) is 10.9. The van der Waals surface area contributed by atoms with E-state index < -0.39 is 0 Å². The van der Waals surface area contributed by atoms with Gasteiger partial charge in [0, 0.05) is 19.5 Å². The molecule has 0 radical (unpaired) electrons. The van der Waals surface area contributed by atoms with E-state index in [1.165, 1.54) is 12.2 Å². The van der Waals surface area contributed by atoms with Crippen molar-refractivity contribution >= 4 is 17.7 Å². The third-order valence-electron chi connectivity index (χ3n) is 1.80. The fourth-order valence-electron chi connectivity index (χ4n) is 1.02. The van der Waals surface area contributed by atoms with Crippen LogP contribution in [0.1, 0.15) is 26.2 Å². The molecule has 4 heteroatoms. The molecule has 0 aromatic heterocycles. The van der Waals surface area contributed by atoms with E-state index in [-0.39, 0.29) is 5.91 Å². The van der Waals surface area contributed by atoms with E-state index in [2.05, 4.69) is 23.8 Å². The number of hydrogen-bond acceptors (Lipinski definition) is 3. The summed E-state index contributed by atoms with van der Waals surface area (Å²) in [6.07, 6.45) is 4.89. The van der Waals surface area contributed by atoms with Gasteiger partial charge in [-0.2, -0.15) is 11.8 Å². The molecular weight excluding hydrogens is 196 g/mol. The summed E-state index contributed by atoms with van der Waals surface area (Å²) in [7, 11) is 0. The summed E-state index contributed by atoms with van der Waals surface area (Å²) in [6, 6.07) is 0. The molecule has 84 valence electrons. The zero-order chi connectivity index (χ0) is 10.6. The van der Waals surface area contributed by atoms with Crippen LogP contribution >= 0.6 is 11.8 Å². The molecule has 0 heterocycles. The van der Waals surface area contributed by atoms with Crippen LogP contribution in [0, 0.1) is 0 Å². The van der Waals surface area contributed by atoms with Gasteiger partial charge in [-0.05, 0) is 31.4 Å². The maximum absolute atomic E-state index is 11.1. The van der Waals surface area contributed by atoms with E-state index in [4.69, 9.17) is 0 Å². The van der Waals surface area contributed by atoms with Crippen LogP contribution in [0.4, 0.5) is 0 Å². The van der Waals surface area contributed by atoms with E-state index in [0.29, 0.717) is 6.42 Å². The van der Waals surface area contributed by atoms with Gasteiger partial charge in [0.05, 0.1) is 0 Å². The second-order valence-corrected chi connectivity index (χ2v) is 4.18. The summed E-state index contributed by atoms with van der Waals surface area (Å²) in [4.78, 5) is 11.1. The number of nitrogens with one attached hydrogen (secondary N) is 2. The lowest BCUT2D eigenvalue weighted by molar-refractivity contribution is -0.120. The van der Waals surface area contributed by atoms with Crippen LogP contribution in [0.25, 0.3) is 0 Å². The molecule has 0 fully saturated rings. The second-order valence-electron chi connectivity index (χ2n) is 3.20. The lowest BCUT2D eigenvalue weighted by atomic mass is 10.3. The Labute approximate surface area is 91.4 Å². The van der Waals surface area contributed by atoms with Crippen molar-refractivity contribution in [2.45, 2.75) is 26.2 Å². The van der Waals surface area contributed by atoms with E-state index in [0.717, 1.165) is 26.1 Å². The molecule has 0 aromatic carbocycles. The summed E-state index contributed by atoms with van der Waals surface area (Å²) < 4.78 is 0. The van der Waals surface area contributed by atoms with E-state index >= 15 is 0 Å².